The molecule has 0 bridgehead atoms. The number of hydrogen-bond donors (Lipinski definition) is 3. The molecule has 1 aliphatic rings. The van der Waals surface area contributed by atoms with Crippen LogP contribution in [0.5, 0.6) is 0 Å². The fraction of sp³-hybridized carbons (Fsp3) is 0.615. The number of thioether (sulfide) groups is 1. The molecule has 22 heavy (non-hydrogen) atoms. The molecule has 1 aliphatic heterocycles. The second-order valence-electron chi connectivity index (χ2n) is 5.19. The summed E-state index contributed by atoms with van der Waals surface area (Å²) < 4.78 is 7.47. The molecule has 120 valence electrons. The highest BCUT2D eigenvalue weighted by Crippen LogP contribution is 2.32. The third-order valence-corrected chi connectivity index (χ3v) is 4.79. The van der Waals surface area contributed by atoms with Crippen molar-refractivity contribution in [3.63, 3.8) is 0 Å². The second kappa shape index (κ2) is 6.47. The zero-order valence-electron chi connectivity index (χ0n) is 12.2. The summed E-state index contributed by atoms with van der Waals surface area (Å²) >= 11 is 1.59. The van der Waals surface area contributed by atoms with Gasteiger partial charge in [-0.1, -0.05) is 0 Å². The minimum Gasteiger partial charge on any atom is -0.387 e. The summed E-state index contributed by atoms with van der Waals surface area (Å²) in [5, 5.41) is 20.5. The smallest absolute Gasteiger partial charge is 0.165 e. The van der Waals surface area contributed by atoms with Crippen LogP contribution in [0.15, 0.2) is 12.7 Å². The van der Waals surface area contributed by atoms with E-state index in [2.05, 4.69) is 15.0 Å². The van der Waals surface area contributed by atoms with Crippen LogP contribution in [0.4, 0.5) is 0 Å². The summed E-state index contributed by atoms with van der Waals surface area (Å²) in [6.07, 6.45) is -0.133. The number of fused-ring (bicyclic) bond motifs is 1. The van der Waals surface area contributed by atoms with Gasteiger partial charge in [-0.05, 0) is 6.92 Å². The van der Waals surface area contributed by atoms with Crippen molar-refractivity contribution >= 4 is 22.9 Å². The number of hydrogen-bond acceptors (Lipinski definition) is 8. The normalized spacial score (nSPS) is 28.5. The molecule has 1 saturated heterocycles. The summed E-state index contributed by atoms with van der Waals surface area (Å²) in [6, 6.07) is 0. The average Bonchev–Trinajstić information content (AvgIpc) is 3.05. The minimum absolute atomic E-state index is 0.447. The van der Waals surface area contributed by atoms with Gasteiger partial charge in [0.1, 0.15) is 24.1 Å². The van der Waals surface area contributed by atoms with E-state index in [9.17, 15) is 10.2 Å². The quantitative estimate of drug-likeness (QED) is 0.626. The van der Waals surface area contributed by atoms with E-state index in [1.165, 1.54) is 6.33 Å². The Labute approximate surface area is 131 Å². The van der Waals surface area contributed by atoms with E-state index in [1.54, 1.807) is 22.7 Å². The molecule has 0 spiro atoms. The molecule has 0 aromatic carbocycles. The molecule has 0 aliphatic carbocycles. The third kappa shape index (κ3) is 2.70. The van der Waals surface area contributed by atoms with Gasteiger partial charge in [-0.2, -0.15) is 11.8 Å². The SMILES string of the molecule is Cc1ncnc2c1ncn2C1OC(CSCCN)C(O)C1O. The van der Waals surface area contributed by atoms with E-state index in [0.29, 0.717) is 23.5 Å². The number of nitrogens with zero attached hydrogens (tertiary/aromatic N) is 4. The van der Waals surface area contributed by atoms with Gasteiger partial charge >= 0.3 is 0 Å². The van der Waals surface area contributed by atoms with Gasteiger partial charge < -0.3 is 20.7 Å². The Hall–Kier alpha value is -1.26. The highest BCUT2D eigenvalue weighted by atomic mass is 32.2. The zero-order chi connectivity index (χ0) is 15.7. The molecule has 3 heterocycles. The number of aromatic nitrogens is 4. The Morgan fingerprint density at radius 1 is 1.32 bits per heavy atom. The topological polar surface area (TPSA) is 119 Å². The van der Waals surface area contributed by atoms with Gasteiger partial charge in [0.05, 0.1) is 18.1 Å². The van der Waals surface area contributed by atoms with E-state index in [-0.39, 0.29) is 0 Å². The van der Waals surface area contributed by atoms with Crippen LogP contribution < -0.4 is 5.73 Å². The van der Waals surface area contributed by atoms with Crippen molar-refractivity contribution in [2.75, 3.05) is 18.1 Å². The summed E-state index contributed by atoms with van der Waals surface area (Å²) in [5.41, 5.74) is 7.46. The first kappa shape index (κ1) is 15.6. The molecule has 3 rings (SSSR count). The lowest BCUT2D eigenvalue weighted by Gasteiger charge is -2.16. The van der Waals surface area contributed by atoms with Gasteiger partial charge in [-0.25, -0.2) is 15.0 Å². The first-order valence-corrected chi connectivity index (χ1v) is 8.22. The largest absolute Gasteiger partial charge is 0.387 e. The van der Waals surface area contributed by atoms with E-state index < -0.39 is 24.5 Å². The molecule has 4 atom stereocenters. The van der Waals surface area contributed by atoms with Gasteiger partial charge in [0, 0.05) is 18.1 Å². The number of aliphatic hydroxyl groups is 2. The lowest BCUT2D eigenvalue weighted by molar-refractivity contribution is -0.0289. The standard InChI is InChI=1S/C13H19N5O3S/c1-7-9-12(16-5-15-7)18(6-17-9)13-11(20)10(19)8(21-13)4-22-3-2-14/h5-6,8,10-11,13,19-20H,2-4,14H2,1H3. The predicted molar refractivity (Wildman–Crippen MR) is 82.4 cm³/mol. The van der Waals surface area contributed by atoms with E-state index >= 15 is 0 Å². The third-order valence-electron chi connectivity index (χ3n) is 3.70. The molecule has 9 heteroatoms. The molecule has 0 amide bonds. The molecule has 2 aromatic heterocycles. The molecule has 4 N–H and O–H groups in total. The van der Waals surface area contributed by atoms with Gasteiger partial charge in [0.25, 0.3) is 0 Å². The highest BCUT2D eigenvalue weighted by molar-refractivity contribution is 7.99. The summed E-state index contributed by atoms with van der Waals surface area (Å²) in [6.45, 7) is 2.41. The van der Waals surface area contributed by atoms with Gasteiger partial charge in [-0.3, -0.25) is 4.57 Å². The minimum atomic E-state index is -1.03. The molecule has 0 saturated carbocycles. The first-order chi connectivity index (χ1) is 10.6. The van der Waals surface area contributed by atoms with Gasteiger partial charge in [0.15, 0.2) is 11.9 Å². The van der Waals surface area contributed by atoms with Crippen molar-refractivity contribution in [1.29, 1.82) is 0 Å². The van der Waals surface area contributed by atoms with Crippen LogP contribution in [0.3, 0.4) is 0 Å². The van der Waals surface area contributed by atoms with E-state index in [0.717, 1.165) is 11.4 Å². The zero-order valence-corrected chi connectivity index (χ0v) is 13.0. The highest BCUT2D eigenvalue weighted by Gasteiger charge is 2.44. The van der Waals surface area contributed by atoms with Crippen molar-refractivity contribution in [2.24, 2.45) is 5.73 Å². The maximum atomic E-state index is 10.3. The monoisotopic (exact) mass is 325 g/mol. The average molecular weight is 325 g/mol. The van der Waals surface area contributed by atoms with Crippen molar-refractivity contribution in [3.8, 4) is 0 Å². The Kier molecular flexibility index (Phi) is 4.59. The van der Waals surface area contributed by atoms with E-state index in [1.807, 2.05) is 6.92 Å². The van der Waals surface area contributed by atoms with Crippen LogP contribution in [-0.2, 0) is 4.74 Å². The van der Waals surface area contributed by atoms with Crippen LogP contribution in [0.25, 0.3) is 11.2 Å². The number of aryl methyl sites for hydroxylation is 1. The van der Waals surface area contributed by atoms with Gasteiger partial charge in [-0.15, -0.1) is 0 Å². The lowest BCUT2D eigenvalue weighted by Crippen LogP contribution is -2.32. The summed E-state index contributed by atoms with van der Waals surface area (Å²) in [7, 11) is 0. The summed E-state index contributed by atoms with van der Waals surface area (Å²) in [4.78, 5) is 12.6. The molecule has 0 radical (unpaired) electrons. The van der Waals surface area contributed by atoms with Crippen LogP contribution in [0.1, 0.15) is 11.9 Å². The number of imidazole rings is 1. The summed E-state index contributed by atoms with van der Waals surface area (Å²) in [5.74, 6) is 1.36. The van der Waals surface area contributed by atoms with Crippen molar-refractivity contribution in [1.82, 2.24) is 19.5 Å². The van der Waals surface area contributed by atoms with Crippen LogP contribution in [0, 0.1) is 6.92 Å². The molecule has 8 nitrogen and oxygen atoms in total. The Morgan fingerprint density at radius 3 is 2.91 bits per heavy atom. The maximum Gasteiger partial charge on any atom is 0.165 e. The van der Waals surface area contributed by atoms with Crippen LogP contribution in [0.2, 0.25) is 0 Å². The first-order valence-electron chi connectivity index (χ1n) is 7.07. The number of nitrogens with two attached hydrogens (primary N) is 1. The number of aliphatic hydroxyl groups excluding tert-OH is 2. The fourth-order valence-corrected chi connectivity index (χ4v) is 3.38. The van der Waals surface area contributed by atoms with E-state index in [4.69, 9.17) is 10.5 Å². The maximum absolute atomic E-state index is 10.3. The number of rotatable bonds is 5. The Morgan fingerprint density at radius 2 is 2.14 bits per heavy atom. The van der Waals surface area contributed by atoms with Crippen molar-refractivity contribution < 1.29 is 14.9 Å². The molecule has 1 fully saturated rings. The van der Waals surface area contributed by atoms with Crippen molar-refractivity contribution in [3.05, 3.63) is 18.3 Å². The van der Waals surface area contributed by atoms with Gasteiger partial charge in [0.2, 0.25) is 0 Å². The van der Waals surface area contributed by atoms with Crippen molar-refractivity contribution in [2.45, 2.75) is 31.5 Å². The molecule has 2 aromatic rings. The Bertz CT molecular complexity index is 652. The molecular weight excluding hydrogens is 306 g/mol. The molecule has 4 unspecified atom stereocenters. The lowest BCUT2D eigenvalue weighted by atomic mass is 10.1. The molecular formula is C13H19N5O3S. The second-order valence-corrected chi connectivity index (χ2v) is 6.34. The van der Waals surface area contributed by atoms with Crippen LogP contribution in [-0.4, -0.2) is 66.1 Å². The predicted octanol–water partition coefficient (Wildman–Crippen LogP) is -0.554. The Balaban J connectivity index is 1.83. The number of ether oxygens (including phenoxy) is 1. The van der Waals surface area contributed by atoms with Crippen LogP contribution >= 0.6 is 11.8 Å². The fourth-order valence-electron chi connectivity index (χ4n) is 2.53.